The molecule has 7 heteroatoms. The molecule has 0 aliphatic heterocycles. The van der Waals surface area contributed by atoms with Crippen LogP contribution in [0.4, 0.5) is 0 Å². The van der Waals surface area contributed by atoms with Gasteiger partial charge in [-0.05, 0) is 11.1 Å². The minimum absolute atomic E-state index is 0.206. The van der Waals surface area contributed by atoms with E-state index in [1.54, 1.807) is 0 Å². The van der Waals surface area contributed by atoms with Gasteiger partial charge in [-0.25, -0.2) is 10.5 Å². The van der Waals surface area contributed by atoms with Gasteiger partial charge < -0.3 is 4.74 Å². The predicted molar refractivity (Wildman–Crippen MR) is 76.6 cm³/mol. The van der Waals surface area contributed by atoms with Crippen LogP contribution in [0.25, 0.3) is 0 Å². The van der Waals surface area contributed by atoms with E-state index in [2.05, 4.69) is 10.5 Å². The summed E-state index contributed by atoms with van der Waals surface area (Å²) < 4.78 is 6.32. The van der Waals surface area contributed by atoms with Crippen molar-refractivity contribution in [3.63, 3.8) is 0 Å². The lowest BCUT2D eigenvalue weighted by Gasteiger charge is -2.07. The van der Waals surface area contributed by atoms with Crippen LogP contribution in [0.2, 0.25) is 0 Å². The number of ether oxygens (including phenoxy) is 1. The molecule has 0 radical (unpaired) electrons. The summed E-state index contributed by atoms with van der Waals surface area (Å²) in [6.07, 6.45) is 0.216. The highest BCUT2D eigenvalue weighted by Crippen LogP contribution is 2.07. The maximum Gasteiger partial charge on any atom is 0.267 e. The molecule has 0 aliphatic rings. The number of methoxy groups -OCH3 is 1. The van der Waals surface area contributed by atoms with Gasteiger partial charge in [0.2, 0.25) is 11.8 Å². The molecule has 0 fully saturated rings. The van der Waals surface area contributed by atoms with Crippen LogP contribution in [0.3, 0.4) is 0 Å². The molecule has 1 heterocycles. The summed E-state index contributed by atoms with van der Waals surface area (Å²) in [6.45, 7) is 0.333. The number of rotatable bonds is 5. The van der Waals surface area contributed by atoms with E-state index in [9.17, 15) is 9.59 Å². The van der Waals surface area contributed by atoms with Gasteiger partial charge in [-0.3, -0.25) is 15.0 Å². The molecule has 1 amide bonds. The SMILES string of the molecule is COc1ccc(=O)n(Cc2ccc(CC(=O)NN)cc2)n1. The zero-order valence-corrected chi connectivity index (χ0v) is 11.6. The molecule has 0 saturated heterocycles. The maximum atomic E-state index is 11.7. The fourth-order valence-corrected chi connectivity index (χ4v) is 1.82. The number of nitrogens with zero attached hydrogens (tertiary/aromatic N) is 2. The van der Waals surface area contributed by atoms with Crippen molar-refractivity contribution < 1.29 is 9.53 Å². The molecule has 0 unspecified atom stereocenters. The summed E-state index contributed by atoms with van der Waals surface area (Å²) in [5, 5.41) is 4.07. The summed E-state index contributed by atoms with van der Waals surface area (Å²) in [4.78, 5) is 22.9. The van der Waals surface area contributed by atoms with Crippen LogP contribution in [-0.2, 0) is 17.8 Å². The molecule has 0 saturated carbocycles. The Balaban J connectivity index is 2.13. The molecule has 7 nitrogen and oxygen atoms in total. The third-order valence-corrected chi connectivity index (χ3v) is 2.93. The lowest BCUT2D eigenvalue weighted by Crippen LogP contribution is -2.31. The summed E-state index contributed by atoms with van der Waals surface area (Å²) in [6, 6.07) is 10.2. The van der Waals surface area contributed by atoms with E-state index < -0.39 is 0 Å². The quantitative estimate of drug-likeness (QED) is 0.452. The average Bonchev–Trinajstić information content (AvgIpc) is 2.51. The van der Waals surface area contributed by atoms with Gasteiger partial charge in [-0.15, -0.1) is 5.10 Å². The number of benzene rings is 1. The zero-order chi connectivity index (χ0) is 15.2. The molecule has 3 N–H and O–H groups in total. The molecule has 1 aromatic carbocycles. The molecule has 2 rings (SSSR count). The lowest BCUT2D eigenvalue weighted by molar-refractivity contribution is -0.120. The summed E-state index contributed by atoms with van der Waals surface area (Å²) in [5.41, 5.74) is 3.61. The zero-order valence-electron chi connectivity index (χ0n) is 11.6. The van der Waals surface area contributed by atoms with Crippen molar-refractivity contribution in [3.05, 3.63) is 57.9 Å². The lowest BCUT2D eigenvalue weighted by atomic mass is 10.1. The van der Waals surface area contributed by atoms with Crippen molar-refractivity contribution in [2.45, 2.75) is 13.0 Å². The fourth-order valence-electron chi connectivity index (χ4n) is 1.82. The number of hydrogen-bond acceptors (Lipinski definition) is 5. The minimum Gasteiger partial charge on any atom is -0.480 e. The minimum atomic E-state index is -0.256. The van der Waals surface area contributed by atoms with E-state index in [0.29, 0.717) is 12.4 Å². The molecule has 1 aromatic heterocycles. The van der Waals surface area contributed by atoms with Crippen LogP contribution in [0.15, 0.2) is 41.2 Å². The van der Waals surface area contributed by atoms with Crippen LogP contribution < -0.4 is 21.6 Å². The Bertz CT molecular complexity index is 679. The van der Waals surface area contributed by atoms with E-state index in [-0.39, 0.29) is 17.9 Å². The number of nitrogens with two attached hydrogens (primary N) is 1. The van der Waals surface area contributed by atoms with Crippen molar-refractivity contribution in [2.24, 2.45) is 5.84 Å². The third kappa shape index (κ3) is 3.90. The monoisotopic (exact) mass is 288 g/mol. The van der Waals surface area contributed by atoms with Crippen molar-refractivity contribution in [1.82, 2.24) is 15.2 Å². The number of amides is 1. The van der Waals surface area contributed by atoms with Crippen LogP contribution in [0.1, 0.15) is 11.1 Å². The molecule has 2 aromatic rings. The van der Waals surface area contributed by atoms with Crippen molar-refractivity contribution >= 4 is 5.91 Å². The third-order valence-electron chi connectivity index (χ3n) is 2.93. The second-order valence-electron chi connectivity index (χ2n) is 4.43. The van der Waals surface area contributed by atoms with Gasteiger partial charge in [-0.2, -0.15) is 0 Å². The van der Waals surface area contributed by atoms with Gasteiger partial charge in [0, 0.05) is 12.1 Å². The van der Waals surface area contributed by atoms with Gasteiger partial charge in [0.05, 0.1) is 20.1 Å². The number of hydrogen-bond donors (Lipinski definition) is 2. The van der Waals surface area contributed by atoms with Crippen LogP contribution in [0.5, 0.6) is 5.88 Å². The van der Waals surface area contributed by atoms with Crippen molar-refractivity contribution in [3.8, 4) is 5.88 Å². The van der Waals surface area contributed by atoms with Gasteiger partial charge in [0.1, 0.15) is 0 Å². The second kappa shape index (κ2) is 6.67. The van der Waals surface area contributed by atoms with E-state index in [1.807, 2.05) is 24.3 Å². The standard InChI is InChI=1S/C14H16N4O3/c1-21-13-6-7-14(20)18(17-13)9-11-4-2-10(3-5-11)8-12(19)16-15/h2-7H,8-9,15H2,1H3,(H,16,19). The Morgan fingerprint density at radius 3 is 2.52 bits per heavy atom. The summed E-state index contributed by atoms with van der Waals surface area (Å²) in [7, 11) is 1.49. The number of carbonyl (C=O) groups is 1. The van der Waals surface area contributed by atoms with Gasteiger partial charge in [0.15, 0.2) is 0 Å². The first-order chi connectivity index (χ1) is 10.1. The van der Waals surface area contributed by atoms with Crippen LogP contribution >= 0.6 is 0 Å². The van der Waals surface area contributed by atoms with Crippen molar-refractivity contribution in [1.29, 1.82) is 0 Å². The summed E-state index contributed by atoms with van der Waals surface area (Å²) >= 11 is 0. The summed E-state index contributed by atoms with van der Waals surface area (Å²) in [5.74, 6) is 5.16. The predicted octanol–water partition coefficient (Wildman–Crippen LogP) is -0.167. The van der Waals surface area contributed by atoms with E-state index in [1.165, 1.54) is 23.9 Å². The Hall–Kier alpha value is -2.67. The number of carbonyl (C=O) groups excluding carboxylic acids is 1. The molecule has 0 aliphatic carbocycles. The second-order valence-corrected chi connectivity index (χ2v) is 4.43. The molecular formula is C14H16N4O3. The van der Waals surface area contributed by atoms with Gasteiger partial charge in [-0.1, -0.05) is 24.3 Å². The largest absolute Gasteiger partial charge is 0.480 e. The maximum absolute atomic E-state index is 11.7. The fraction of sp³-hybridized carbons (Fsp3) is 0.214. The highest BCUT2D eigenvalue weighted by Gasteiger charge is 2.04. The molecule has 110 valence electrons. The number of aromatic nitrogens is 2. The normalized spacial score (nSPS) is 10.2. The Kier molecular flexibility index (Phi) is 4.68. The first-order valence-electron chi connectivity index (χ1n) is 6.32. The van der Waals surface area contributed by atoms with Crippen LogP contribution in [0, 0.1) is 0 Å². The Morgan fingerprint density at radius 2 is 1.90 bits per heavy atom. The molecule has 0 spiro atoms. The van der Waals surface area contributed by atoms with Crippen LogP contribution in [-0.4, -0.2) is 22.8 Å². The van der Waals surface area contributed by atoms with E-state index in [0.717, 1.165) is 11.1 Å². The highest BCUT2D eigenvalue weighted by molar-refractivity contribution is 5.77. The Labute approximate surface area is 121 Å². The number of hydrazine groups is 1. The molecule has 0 atom stereocenters. The van der Waals surface area contributed by atoms with E-state index >= 15 is 0 Å². The first kappa shape index (κ1) is 14.7. The molecule has 0 bridgehead atoms. The van der Waals surface area contributed by atoms with Gasteiger partial charge in [0.25, 0.3) is 5.56 Å². The van der Waals surface area contributed by atoms with Gasteiger partial charge >= 0.3 is 0 Å². The highest BCUT2D eigenvalue weighted by atomic mass is 16.5. The Morgan fingerprint density at radius 1 is 1.24 bits per heavy atom. The van der Waals surface area contributed by atoms with Crippen molar-refractivity contribution in [2.75, 3.05) is 7.11 Å². The van der Waals surface area contributed by atoms with E-state index in [4.69, 9.17) is 10.6 Å². The number of nitrogens with one attached hydrogen (secondary N) is 1. The first-order valence-corrected chi connectivity index (χ1v) is 6.32. The molecule has 21 heavy (non-hydrogen) atoms. The average molecular weight is 288 g/mol. The smallest absolute Gasteiger partial charge is 0.267 e. The topological polar surface area (TPSA) is 99.2 Å². The molecular weight excluding hydrogens is 272 g/mol.